The number of allylic oxidation sites excluding steroid dienone is 1. The van der Waals surface area contributed by atoms with E-state index < -0.39 is 28.4 Å². The smallest absolute Gasteiger partial charge is 0.319 e. The number of hydrogen-bond donors (Lipinski definition) is 2. The molecule has 0 fully saturated rings. The number of ketones is 1. The molecule has 0 aromatic heterocycles. The molecular weight excluding hydrogens is 278 g/mol. The Morgan fingerprint density at radius 3 is 2.62 bits per heavy atom. The van der Waals surface area contributed by atoms with Gasteiger partial charge in [-0.1, -0.05) is 12.1 Å². The first-order valence-electron chi connectivity index (χ1n) is 6.06. The Hall–Kier alpha value is -2.90. The summed E-state index contributed by atoms with van der Waals surface area (Å²) in [5, 5.41) is 27.9. The number of nitrogens with zero attached hydrogens (tertiary/aromatic N) is 1. The zero-order valence-electron chi connectivity index (χ0n) is 11.3. The molecule has 1 heterocycles. The molecule has 8 nitrogen and oxygen atoms in total. The molecule has 1 aromatic rings. The quantitative estimate of drug-likeness (QED) is 0.631. The number of benzene rings is 1. The van der Waals surface area contributed by atoms with Gasteiger partial charge in [0.2, 0.25) is 0 Å². The van der Waals surface area contributed by atoms with E-state index in [1.54, 1.807) is 0 Å². The van der Waals surface area contributed by atoms with Crippen molar-refractivity contribution in [3.8, 4) is 5.75 Å². The topological polar surface area (TPSA) is 124 Å². The number of hydrogen-bond acceptors (Lipinski definition) is 5. The van der Waals surface area contributed by atoms with Crippen LogP contribution in [0.2, 0.25) is 0 Å². The van der Waals surface area contributed by atoms with Crippen LogP contribution in [0.5, 0.6) is 5.75 Å². The number of carbonyl (C=O) groups is 2. The number of carbonyl (C=O) groups excluding carboxylic acids is 2. The Bertz CT molecular complexity index is 680. The normalized spacial score (nSPS) is 18.0. The van der Waals surface area contributed by atoms with Crippen molar-refractivity contribution < 1.29 is 19.6 Å². The summed E-state index contributed by atoms with van der Waals surface area (Å²) < 4.78 is 0. The molecule has 8 heteroatoms. The van der Waals surface area contributed by atoms with Gasteiger partial charge in [0.25, 0.3) is 5.69 Å². The molecule has 2 N–H and O–H groups in total. The third kappa shape index (κ3) is 2.55. The Balaban J connectivity index is 2.61. The SMILES string of the molecule is CC(=O)C1=C(C)NC(=O)N[C@@H]1c1cccc([N+](=O)[O-])c1[O-]. The highest BCUT2D eigenvalue weighted by Gasteiger charge is 2.30. The van der Waals surface area contributed by atoms with Gasteiger partial charge in [0.1, 0.15) is 0 Å². The minimum Gasteiger partial charge on any atom is -0.868 e. The van der Waals surface area contributed by atoms with E-state index in [9.17, 15) is 24.8 Å². The van der Waals surface area contributed by atoms with Crippen molar-refractivity contribution in [3.05, 3.63) is 45.1 Å². The molecule has 0 bridgehead atoms. The summed E-state index contributed by atoms with van der Waals surface area (Å²) in [6.07, 6.45) is 0. The molecule has 2 rings (SSSR count). The van der Waals surface area contributed by atoms with Crippen LogP contribution in [0.25, 0.3) is 0 Å². The van der Waals surface area contributed by atoms with Crippen LogP contribution in [0.4, 0.5) is 10.5 Å². The van der Waals surface area contributed by atoms with Gasteiger partial charge in [-0.3, -0.25) is 14.9 Å². The van der Waals surface area contributed by atoms with Gasteiger partial charge >= 0.3 is 6.03 Å². The maximum Gasteiger partial charge on any atom is 0.319 e. The first-order chi connectivity index (χ1) is 9.82. The van der Waals surface area contributed by atoms with Crippen LogP contribution in [0.1, 0.15) is 25.5 Å². The lowest BCUT2D eigenvalue weighted by molar-refractivity contribution is -0.398. The van der Waals surface area contributed by atoms with Crippen molar-refractivity contribution in [1.82, 2.24) is 10.6 Å². The molecule has 1 atom stereocenters. The van der Waals surface area contributed by atoms with E-state index in [1.165, 1.54) is 26.0 Å². The van der Waals surface area contributed by atoms with Gasteiger partial charge in [0.05, 0.1) is 11.0 Å². The second-order valence-electron chi connectivity index (χ2n) is 4.58. The van der Waals surface area contributed by atoms with Crippen molar-refractivity contribution >= 4 is 17.5 Å². The van der Waals surface area contributed by atoms with Gasteiger partial charge in [-0.15, -0.1) is 0 Å². The summed E-state index contributed by atoms with van der Waals surface area (Å²) >= 11 is 0. The van der Waals surface area contributed by atoms with Crippen molar-refractivity contribution in [2.45, 2.75) is 19.9 Å². The van der Waals surface area contributed by atoms with Gasteiger partial charge in [-0.05, 0) is 25.2 Å². The molecule has 110 valence electrons. The average Bonchev–Trinajstić information content (AvgIpc) is 2.36. The molecule has 0 saturated carbocycles. The maximum absolute atomic E-state index is 12.1. The first-order valence-corrected chi connectivity index (χ1v) is 6.06. The van der Waals surface area contributed by atoms with Gasteiger partial charge in [-0.2, -0.15) is 0 Å². The van der Waals surface area contributed by atoms with E-state index in [1.807, 2.05) is 0 Å². The lowest BCUT2D eigenvalue weighted by Crippen LogP contribution is -2.45. The molecule has 0 spiro atoms. The summed E-state index contributed by atoms with van der Waals surface area (Å²) in [6.45, 7) is 2.83. The zero-order chi connectivity index (χ0) is 15.7. The predicted octanol–water partition coefficient (Wildman–Crippen LogP) is 0.885. The van der Waals surface area contributed by atoms with E-state index >= 15 is 0 Å². The molecule has 2 amide bonds. The standard InChI is InChI=1S/C13H13N3O5/c1-6-10(7(2)17)11(15-13(19)14-6)8-4-3-5-9(12(8)18)16(20)21/h3-5,11,18H,1-2H3,(H2,14,15,19)/p-1/t11-/m1/s1. The van der Waals surface area contributed by atoms with Crippen LogP contribution in [-0.2, 0) is 4.79 Å². The molecule has 1 aliphatic heterocycles. The molecule has 1 aliphatic rings. The number of urea groups is 1. The molecule has 0 saturated heterocycles. The first kappa shape index (κ1) is 14.5. The summed E-state index contributed by atoms with van der Waals surface area (Å²) in [5.41, 5.74) is -0.0845. The number of rotatable bonds is 3. The fourth-order valence-electron chi connectivity index (χ4n) is 2.31. The van der Waals surface area contributed by atoms with Crippen LogP contribution in [-0.4, -0.2) is 16.7 Å². The summed E-state index contributed by atoms with van der Waals surface area (Å²) in [5.74, 6) is -1.16. The Labute approximate surface area is 119 Å². The number of Topliss-reactive ketones (excluding diaryl/α,β-unsaturated/α-hetero) is 1. The number of nitrogens with one attached hydrogen (secondary N) is 2. The summed E-state index contributed by atoms with van der Waals surface area (Å²) in [6, 6.07) is 2.22. The van der Waals surface area contributed by atoms with Crippen LogP contribution >= 0.6 is 0 Å². The lowest BCUT2D eigenvalue weighted by Gasteiger charge is -2.30. The molecule has 0 unspecified atom stereocenters. The van der Waals surface area contributed by atoms with Crippen molar-refractivity contribution in [3.63, 3.8) is 0 Å². The van der Waals surface area contributed by atoms with Gasteiger partial charge < -0.3 is 15.7 Å². The van der Waals surface area contributed by atoms with Gasteiger partial charge in [0, 0.05) is 17.3 Å². The highest BCUT2D eigenvalue weighted by Crippen LogP contribution is 2.36. The highest BCUT2D eigenvalue weighted by molar-refractivity contribution is 5.98. The van der Waals surface area contributed by atoms with Gasteiger partial charge in [0.15, 0.2) is 5.78 Å². The largest absolute Gasteiger partial charge is 0.868 e. The van der Waals surface area contributed by atoms with Crippen LogP contribution in [0.15, 0.2) is 29.5 Å². The number of nitro groups is 1. The van der Waals surface area contributed by atoms with Crippen LogP contribution in [0.3, 0.4) is 0 Å². The molecule has 21 heavy (non-hydrogen) atoms. The average molecular weight is 290 g/mol. The fourth-order valence-corrected chi connectivity index (χ4v) is 2.31. The summed E-state index contributed by atoms with van der Waals surface area (Å²) in [7, 11) is 0. The van der Waals surface area contributed by atoms with Crippen LogP contribution in [0, 0.1) is 10.1 Å². The second-order valence-corrected chi connectivity index (χ2v) is 4.58. The lowest BCUT2D eigenvalue weighted by atomic mass is 9.92. The third-order valence-electron chi connectivity index (χ3n) is 3.18. The Morgan fingerprint density at radius 1 is 1.38 bits per heavy atom. The van der Waals surface area contributed by atoms with Crippen molar-refractivity contribution in [2.75, 3.05) is 0 Å². The molecule has 0 aliphatic carbocycles. The van der Waals surface area contributed by atoms with Crippen LogP contribution < -0.4 is 15.7 Å². The number of para-hydroxylation sites is 1. The zero-order valence-corrected chi connectivity index (χ0v) is 11.3. The molecular formula is C13H12N3O5-. The summed E-state index contributed by atoms with van der Waals surface area (Å²) in [4.78, 5) is 33.3. The monoisotopic (exact) mass is 290 g/mol. The van der Waals surface area contributed by atoms with Gasteiger partial charge in [-0.25, -0.2) is 4.79 Å². The Kier molecular flexibility index (Phi) is 3.62. The van der Waals surface area contributed by atoms with E-state index in [-0.39, 0.29) is 16.9 Å². The minimum atomic E-state index is -0.997. The maximum atomic E-state index is 12.1. The van der Waals surface area contributed by atoms with E-state index in [0.717, 1.165) is 6.07 Å². The predicted molar refractivity (Wildman–Crippen MR) is 70.3 cm³/mol. The molecule has 1 aromatic carbocycles. The van der Waals surface area contributed by atoms with E-state index in [4.69, 9.17) is 0 Å². The fraction of sp³-hybridized carbons (Fsp3) is 0.231. The molecule has 0 radical (unpaired) electrons. The Morgan fingerprint density at radius 2 is 2.05 bits per heavy atom. The number of amides is 2. The van der Waals surface area contributed by atoms with E-state index in [2.05, 4.69) is 10.6 Å². The van der Waals surface area contributed by atoms with Crippen molar-refractivity contribution in [2.24, 2.45) is 0 Å². The van der Waals surface area contributed by atoms with E-state index in [0.29, 0.717) is 5.70 Å². The third-order valence-corrected chi connectivity index (χ3v) is 3.18. The number of nitro benzene ring substituents is 1. The van der Waals surface area contributed by atoms with Crippen molar-refractivity contribution in [1.29, 1.82) is 0 Å². The second kappa shape index (κ2) is 5.23. The minimum absolute atomic E-state index is 0.0106. The highest BCUT2D eigenvalue weighted by atomic mass is 16.6.